The molecule has 0 amide bonds. The molecule has 1 saturated carbocycles. The second-order valence-electron chi connectivity index (χ2n) is 8.31. The van der Waals surface area contributed by atoms with Crippen LogP contribution >= 0.6 is 0 Å². The van der Waals surface area contributed by atoms with E-state index in [1.165, 1.54) is 6.08 Å². The van der Waals surface area contributed by atoms with E-state index >= 15 is 0 Å². The van der Waals surface area contributed by atoms with Crippen molar-refractivity contribution in [2.75, 3.05) is 13.3 Å². The molecule has 0 aromatic carbocycles. The summed E-state index contributed by atoms with van der Waals surface area (Å²) in [6, 6.07) is 0. The highest BCUT2D eigenvalue weighted by Gasteiger charge is 2.43. The Morgan fingerprint density at radius 2 is 1.73 bits per heavy atom. The summed E-state index contributed by atoms with van der Waals surface area (Å²) in [5, 5.41) is 0. The van der Waals surface area contributed by atoms with E-state index in [1.54, 1.807) is 0 Å². The van der Waals surface area contributed by atoms with Crippen LogP contribution in [0.4, 0.5) is 22.0 Å². The average Bonchev–Trinajstić information content (AvgIpc) is 2.98. The van der Waals surface area contributed by atoms with Gasteiger partial charge in [0.25, 0.3) is 0 Å². The van der Waals surface area contributed by atoms with Crippen molar-refractivity contribution in [3.63, 3.8) is 0 Å². The summed E-state index contributed by atoms with van der Waals surface area (Å²) in [5.74, 6) is 0.0795. The van der Waals surface area contributed by atoms with Crippen LogP contribution in [0.1, 0.15) is 51.4 Å². The normalized spacial score (nSPS) is 38.5. The minimum atomic E-state index is -1.90. The maximum Gasteiger partial charge on any atom is 0.159 e. The summed E-state index contributed by atoms with van der Waals surface area (Å²) in [4.78, 5) is 0. The van der Waals surface area contributed by atoms with Gasteiger partial charge in [0, 0.05) is 5.57 Å². The number of alkyl halides is 5. The molecule has 0 N–H and O–H groups in total. The summed E-state index contributed by atoms with van der Waals surface area (Å²) in [6.07, 6.45) is 3.52. The van der Waals surface area contributed by atoms with E-state index in [4.69, 9.17) is 0 Å². The highest BCUT2D eigenvalue weighted by molar-refractivity contribution is 5.41. The van der Waals surface area contributed by atoms with Gasteiger partial charge >= 0.3 is 0 Å². The second kappa shape index (κ2) is 8.88. The second-order valence-corrected chi connectivity index (χ2v) is 8.31. The monoisotopic (exact) mass is 376 g/mol. The SMILES string of the molecule is FCCCC1CCC(C(CF)CC2CC3=C(C(F)C(F)C=C3)C2F)CC1. The van der Waals surface area contributed by atoms with E-state index in [1.807, 2.05) is 0 Å². The van der Waals surface area contributed by atoms with E-state index in [-0.39, 0.29) is 24.1 Å². The van der Waals surface area contributed by atoms with Crippen LogP contribution in [0.3, 0.4) is 0 Å². The number of hydrogen-bond acceptors (Lipinski definition) is 0. The molecule has 26 heavy (non-hydrogen) atoms. The van der Waals surface area contributed by atoms with Gasteiger partial charge in [0.15, 0.2) is 12.3 Å². The Morgan fingerprint density at radius 3 is 2.38 bits per heavy atom. The van der Waals surface area contributed by atoms with Crippen molar-refractivity contribution in [3.8, 4) is 0 Å². The van der Waals surface area contributed by atoms with Gasteiger partial charge in [-0.25, -0.2) is 13.2 Å². The van der Waals surface area contributed by atoms with Crippen LogP contribution in [0, 0.1) is 23.7 Å². The lowest BCUT2D eigenvalue weighted by atomic mass is 9.72. The summed E-state index contributed by atoms with van der Waals surface area (Å²) >= 11 is 0. The van der Waals surface area contributed by atoms with E-state index in [0.29, 0.717) is 30.8 Å². The molecule has 0 aliphatic heterocycles. The van der Waals surface area contributed by atoms with Crippen molar-refractivity contribution >= 4 is 0 Å². The standard InChI is InChI=1S/C21H29F5/c22-9-1-2-13-3-5-14(6-4-13)17(12-23)11-16-10-15-7-8-18(24)21(26)19(15)20(16)25/h7-8,13-14,16-18,20-21H,1-6,9-12H2. The lowest BCUT2D eigenvalue weighted by molar-refractivity contribution is 0.125. The van der Waals surface area contributed by atoms with Gasteiger partial charge in [0.05, 0.1) is 13.3 Å². The molecule has 0 aromatic heterocycles. The Hall–Kier alpha value is -0.870. The zero-order valence-electron chi connectivity index (χ0n) is 15.2. The van der Waals surface area contributed by atoms with E-state index in [2.05, 4.69) is 0 Å². The maximum absolute atomic E-state index is 14.8. The Morgan fingerprint density at radius 1 is 1.00 bits per heavy atom. The van der Waals surface area contributed by atoms with Gasteiger partial charge in [0.1, 0.15) is 6.17 Å². The quantitative estimate of drug-likeness (QED) is 0.450. The van der Waals surface area contributed by atoms with Crippen LogP contribution in [-0.4, -0.2) is 31.9 Å². The number of halogens is 5. The van der Waals surface area contributed by atoms with Crippen LogP contribution in [0.5, 0.6) is 0 Å². The fraction of sp³-hybridized carbons (Fsp3) is 0.810. The molecule has 0 heterocycles. The first-order chi connectivity index (χ1) is 12.5. The molecule has 5 atom stereocenters. The van der Waals surface area contributed by atoms with Crippen LogP contribution in [0.25, 0.3) is 0 Å². The number of hydrogen-bond donors (Lipinski definition) is 0. The lowest BCUT2D eigenvalue weighted by Crippen LogP contribution is -2.29. The third kappa shape index (κ3) is 4.17. The Kier molecular flexibility index (Phi) is 6.79. The summed E-state index contributed by atoms with van der Waals surface area (Å²) in [6.45, 7) is -0.775. The number of allylic oxidation sites excluding steroid dienone is 4. The smallest absolute Gasteiger partial charge is 0.159 e. The third-order valence-electron chi connectivity index (χ3n) is 6.73. The molecular formula is C21H29F5. The van der Waals surface area contributed by atoms with Gasteiger partial charge in [0.2, 0.25) is 0 Å². The number of rotatable bonds is 7. The van der Waals surface area contributed by atoms with Crippen LogP contribution in [0.15, 0.2) is 23.3 Å². The fourth-order valence-corrected chi connectivity index (χ4v) is 5.19. The molecule has 5 unspecified atom stereocenters. The molecule has 0 aromatic rings. The van der Waals surface area contributed by atoms with Gasteiger partial charge in [-0.2, -0.15) is 0 Å². The molecule has 3 rings (SSSR count). The third-order valence-corrected chi connectivity index (χ3v) is 6.73. The van der Waals surface area contributed by atoms with Gasteiger partial charge < -0.3 is 0 Å². The summed E-state index contributed by atoms with van der Waals surface area (Å²) in [5.41, 5.74) is 0.522. The fourth-order valence-electron chi connectivity index (χ4n) is 5.19. The topological polar surface area (TPSA) is 0 Å². The molecule has 148 valence electrons. The summed E-state index contributed by atoms with van der Waals surface area (Å²) in [7, 11) is 0. The van der Waals surface area contributed by atoms with Crippen molar-refractivity contribution in [1.29, 1.82) is 0 Å². The Bertz CT molecular complexity index is 520. The largest absolute Gasteiger partial charge is 0.251 e. The van der Waals surface area contributed by atoms with E-state index in [9.17, 15) is 22.0 Å². The van der Waals surface area contributed by atoms with E-state index in [0.717, 1.165) is 38.2 Å². The van der Waals surface area contributed by atoms with Gasteiger partial charge in [-0.1, -0.05) is 18.9 Å². The Labute approximate surface area is 152 Å². The highest BCUT2D eigenvalue weighted by Crippen LogP contribution is 2.46. The molecule has 0 saturated heterocycles. The molecule has 0 spiro atoms. The van der Waals surface area contributed by atoms with Crippen LogP contribution in [0.2, 0.25) is 0 Å². The molecule has 0 nitrogen and oxygen atoms in total. The molecule has 1 fully saturated rings. The first-order valence-electron chi connectivity index (χ1n) is 10.00. The molecule has 0 bridgehead atoms. The van der Waals surface area contributed by atoms with Crippen LogP contribution < -0.4 is 0 Å². The first kappa shape index (κ1) is 19.9. The van der Waals surface area contributed by atoms with Crippen molar-refractivity contribution in [1.82, 2.24) is 0 Å². The molecular weight excluding hydrogens is 347 g/mol. The van der Waals surface area contributed by atoms with Gasteiger partial charge in [-0.15, -0.1) is 0 Å². The maximum atomic E-state index is 14.8. The van der Waals surface area contributed by atoms with Crippen molar-refractivity contribution in [2.45, 2.75) is 69.9 Å². The molecule has 3 aliphatic rings. The van der Waals surface area contributed by atoms with Crippen LogP contribution in [-0.2, 0) is 0 Å². The first-order valence-corrected chi connectivity index (χ1v) is 10.00. The van der Waals surface area contributed by atoms with Crippen molar-refractivity contribution < 1.29 is 22.0 Å². The molecule has 3 aliphatic carbocycles. The predicted molar refractivity (Wildman–Crippen MR) is 93.7 cm³/mol. The van der Waals surface area contributed by atoms with Gasteiger partial charge in [-0.05, 0) is 73.8 Å². The molecule has 0 radical (unpaired) electrons. The van der Waals surface area contributed by atoms with Gasteiger partial charge in [-0.3, -0.25) is 8.78 Å². The average molecular weight is 376 g/mol. The van der Waals surface area contributed by atoms with E-state index < -0.39 is 31.1 Å². The minimum absolute atomic E-state index is 0.0439. The lowest BCUT2D eigenvalue weighted by Gasteiger charge is -2.34. The van der Waals surface area contributed by atoms with Crippen molar-refractivity contribution in [2.24, 2.45) is 23.7 Å². The Balaban J connectivity index is 1.54. The molecule has 5 heteroatoms. The zero-order chi connectivity index (χ0) is 18.7. The predicted octanol–water partition coefficient (Wildman–Crippen LogP) is 6.42. The minimum Gasteiger partial charge on any atom is -0.251 e. The van der Waals surface area contributed by atoms with Crippen molar-refractivity contribution in [3.05, 3.63) is 23.3 Å². The summed E-state index contributed by atoms with van der Waals surface area (Å²) < 4.78 is 68.3. The zero-order valence-corrected chi connectivity index (χ0v) is 15.2. The highest BCUT2D eigenvalue weighted by atomic mass is 19.2.